The van der Waals surface area contributed by atoms with Gasteiger partial charge in [0.05, 0.1) is 6.20 Å². The summed E-state index contributed by atoms with van der Waals surface area (Å²) in [6.45, 7) is 0. The Morgan fingerprint density at radius 2 is 2.00 bits per heavy atom. The lowest BCUT2D eigenvalue weighted by Crippen LogP contribution is -2.06. The fourth-order valence-electron chi connectivity index (χ4n) is 1.14. The third-order valence-electron chi connectivity index (χ3n) is 1.78. The standard InChI is InChI=1S/C9H10N4/c10-12-9-6-13(7-11-9)8-4-2-1-3-5-8/h1-7,12H,10H2. The molecule has 1 aromatic carbocycles. The van der Waals surface area contributed by atoms with Crippen molar-refractivity contribution in [1.29, 1.82) is 0 Å². The lowest BCUT2D eigenvalue weighted by Gasteiger charge is -1.99. The Bertz CT molecular complexity index is 380. The van der Waals surface area contributed by atoms with Crippen molar-refractivity contribution in [3.05, 3.63) is 42.9 Å². The van der Waals surface area contributed by atoms with E-state index >= 15 is 0 Å². The van der Waals surface area contributed by atoms with Crippen LogP contribution in [0.2, 0.25) is 0 Å². The van der Waals surface area contributed by atoms with Gasteiger partial charge in [-0.2, -0.15) is 0 Å². The monoisotopic (exact) mass is 174 g/mol. The van der Waals surface area contributed by atoms with Crippen LogP contribution in [0.4, 0.5) is 5.82 Å². The summed E-state index contributed by atoms with van der Waals surface area (Å²) in [6, 6.07) is 9.93. The van der Waals surface area contributed by atoms with Crippen molar-refractivity contribution in [2.75, 3.05) is 5.43 Å². The third kappa shape index (κ3) is 1.52. The number of nitrogen functional groups attached to an aromatic ring is 1. The Morgan fingerprint density at radius 1 is 1.23 bits per heavy atom. The van der Waals surface area contributed by atoms with E-state index in [9.17, 15) is 0 Å². The van der Waals surface area contributed by atoms with E-state index in [1.165, 1.54) is 0 Å². The Labute approximate surface area is 76.0 Å². The smallest absolute Gasteiger partial charge is 0.158 e. The SMILES string of the molecule is NNc1cn(-c2ccccc2)cn1. The molecule has 66 valence electrons. The van der Waals surface area contributed by atoms with E-state index in [1.807, 2.05) is 41.1 Å². The van der Waals surface area contributed by atoms with Gasteiger partial charge in [0.1, 0.15) is 6.33 Å². The van der Waals surface area contributed by atoms with Crippen molar-refractivity contribution in [2.24, 2.45) is 5.84 Å². The summed E-state index contributed by atoms with van der Waals surface area (Å²) in [6.07, 6.45) is 3.54. The quantitative estimate of drug-likeness (QED) is 0.530. The van der Waals surface area contributed by atoms with Crippen molar-refractivity contribution < 1.29 is 0 Å². The number of nitrogens with two attached hydrogens (primary N) is 1. The second-order valence-corrected chi connectivity index (χ2v) is 2.65. The Balaban J connectivity index is 2.36. The number of benzene rings is 1. The zero-order chi connectivity index (χ0) is 9.10. The molecule has 3 N–H and O–H groups in total. The second kappa shape index (κ2) is 3.28. The molecule has 1 aromatic heterocycles. The van der Waals surface area contributed by atoms with Crippen molar-refractivity contribution >= 4 is 5.82 Å². The first kappa shape index (κ1) is 7.82. The first-order valence-electron chi connectivity index (χ1n) is 3.96. The molecule has 0 aliphatic heterocycles. The van der Waals surface area contributed by atoms with Crippen LogP contribution in [-0.2, 0) is 0 Å². The van der Waals surface area contributed by atoms with Gasteiger partial charge in [0, 0.05) is 5.69 Å². The summed E-state index contributed by atoms with van der Waals surface area (Å²) in [5.41, 5.74) is 3.55. The van der Waals surface area contributed by atoms with Crippen LogP contribution in [0.15, 0.2) is 42.9 Å². The average molecular weight is 174 g/mol. The van der Waals surface area contributed by atoms with E-state index in [0.717, 1.165) is 5.69 Å². The maximum Gasteiger partial charge on any atom is 0.158 e. The van der Waals surface area contributed by atoms with Gasteiger partial charge >= 0.3 is 0 Å². The van der Waals surface area contributed by atoms with Crippen LogP contribution in [-0.4, -0.2) is 9.55 Å². The minimum atomic E-state index is 0.656. The highest BCUT2D eigenvalue weighted by atomic mass is 15.3. The summed E-state index contributed by atoms with van der Waals surface area (Å²) in [5.74, 6) is 5.87. The first-order valence-corrected chi connectivity index (χ1v) is 3.96. The lowest BCUT2D eigenvalue weighted by molar-refractivity contribution is 1.06. The van der Waals surface area contributed by atoms with Crippen LogP contribution in [0.3, 0.4) is 0 Å². The average Bonchev–Trinajstić information content (AvgIpc) is 2.67. The van der Waals surface area contributed by atoms with Gasteiger partial charge in [-0.05, 0) is 12.1 Å². The zero-order valence-corrected chi connectivity index (χ0v) is 7.01. The molecule has 4 nitrogen and oxygen atoms in total. The van der Waals surface area contributed by atoms with E-state index < -0.39 is 0 Å². The minimum Gasteiger partial charge on any atom is -0.307 e. The predicted octanol–water partition coefficient (Wildman–Crippen LogP) is 1.16. The van der Waals surface area contributed by atoms with E-state index in [4.69, 9.17) is 5.84 Å². The van der Waals surface area contributed by atoms with Gasteiger partial charge in [0.15, 0.2) is 5.82 Å². The molecule has 0 aliphatic rings. The van der Waals surface area contributed by atoms with Crippen molar-refractivity contribution in [3.8, 4) is 5.69 Å². The molecule has 0 radical (unpaired) electrons. The maximum absolute atomic E-state index is 5.22. The number of anilines is 1. The molecule has 0 bridgehead atoms. The Morgan fingerprint density at radius 3 is 2.62 bits per heavy atom. The molecule has 0 spiro atoms. The number of para-hydroxylation sites is 1. The molecule has 0 saturated heterocycles. The van der Waals surface area contributed by atoms with Gasteiger partial charge in [0.2, 0.25) is 0 Å². The first-order chi connectivity index (χ1) is 6.40. The highest BCUT2D eigenvalue weighted by Gasteiger charge is 1.96. The van der Waals surface area contributed by atoms with E-state index in [-0.39, 0.29) is 0 Å². The van der Waals surface area contributed by atoms with Gasteiger partial charge in [-0.25, -0.2) is 10.8 Å². The number of nitrogens with zero attached hydrogens (tertiary/aromatic N) is 2. The third-order valence-corrected chi connectivity index (χ3v) is 1.78. The fourth-order valence-corrected chi connectivity index (χ4v) is 1.14. The van der Waals surface area contributed by atoms with E-state index in [2.05, 4.69) is 10.4 Å². The number of hydrogen-bond acceptors (Lipinski definition) is 3. The largest absolute Gasteiger partial charge is 0.307 e. The molecule has 0 unspecified atom stereocenters. The van der Waals surface area contributed by atoms with Crippen molar-refractivity contribution in [3.63, 3.8) is 0 Å². The van der Waals surface area contributed by atoms with Crippen LogP contribution in [0, 0.1) is 0 Å². The number of aromatic nitrogens is 2. The molecule has 0 aliphatic carbocycles. The van der Waals surface area contributed by atoms with Gasteiger partial charge in [-0.15, -0.1) is 0 Å². The Kier molecular flexibility index (Phi) is 1.97. The second-order valence-electron chi connectivity index (χ2n) is 2.65. The summed E-state index contributed by atoms with van der Waals surface area (Å²) >= 11 is 0. The molecular formula is C9H10N4. The number of rotatable bonds is 2. The van der Waals surface area contributed by atoms with Gasteiger partial charge < -0.3 is 9.99 Å². The van der Waals surface area contributed by atoms with Gasteiger partial charge in [0.25, 0.3) is 0 Å². The summed E-state index contributed by atoms with van der Waals surface area (Å²) < 4.78 is 1.90. The van der Waals surface area contributed by atoms with Crippen LogP contribution < -0.4 is 11.3 Å². The molecule has 0 fully saturated rings. The fraction of sp³-hybridized carbons (Fsp3) is 0. The van der Waals surface area contributed by atoms with Crippen LogP contribution in [0.5, 0.6) is 0 Å². The predicted molar refractivity (Wildman–Crippen MR) is 51.4 cm³/mol. The molecular weight excluding hydrogens is 164 g/mol. The molecule has 13 heavy (non-hydrogen) atoms. The maximum atomic E-state index is 5.22. The van der Waals surface area contributed by atoms with E-state index in [0.29, 0.717) is 5.82 Å². The van der Waals surface area contributed by atoms with Crippen LogP contribution in [0.1, 0.15) is 0 Å². The van der Waals surface area contributed by atoms with Gasteiger partial charge in [-0.1, -0.05) is 18.2 Å². The molecule has 0 amide bonds. The molecule has 4 heteroatoms. The lowest BCUT2D eigenvalue weighted by atomic mass is 10.3. The molecule has 0 atom stereocenters. The topological polar surface area (TPSA) is 55.9 Å². The van der Waals surface area contributed by atoms with Crippen LogP contribution >= 0.6 is 0 Å². The van der Waals surface area contributed by atoms with E-state index in [1.54, 1.807) is 6.33 Å². The zero-order valence-electron chi connectivity index (χ0n) is 7.01. The summed E-state index contributed by atoms with van der Waals surface area (Å²) in [7, 11) is 0. The number of hydrazine groups is 1. The highest BCUT2D eigenvalue weighted by molar-refractivity contribution is 5.37. The van der Waals surface area contributed by atoms with Crippen LogP contribution in [0.25, 0.3) is 5.69 Å². The number of nitrogens with one attached hydrogen (secondary N) is 1. The summed E-state index contributed by atoms with van der Waals surface area (Å²) in [5, 5.41) is 0. The normalized spacial score (nSPS) is 9.92. The molecule has 2 rings (SSSR count). The molecule has 1 heterocycles. The molecule has 0 saturated carbocycles. The van der Waals surface area contributed by atoms with Crippen molar-refractivity contribution in [2.45, 2.75) is 0 Å². The molecule has 2 aromatic rings. The Hall–Kier alpha value is -1.81. The highest BCUT2D eigenvalue weighted by Crippen LogP contribution is 2.09. The van der Waals surface area contributed by atoms with Gasteiger partial charge in [-0.3, -0.25) is 0 Å². The number of hydrogen-bond donors (Lipinski definition) is 2. The number of imidazole rings is 1. The van der Waals surface area contributed by atoms with Crippen molar-refractivity contribution in [1.82, 2.24) is 9.55 Å². The summed E-state index contributed by atoms with van der Waals surface area (Å²) in [4.78, 5) is 4.04. The minimum absolute atomic E-state index is 0.656.